The van der Waals surface area contributed by atoms with Crippen LogP contribution in [0.3, 0.4) is 0 Å². The maximum Gasteiger partial charge on any atom is 1.00 e. The molecule has 0 N–H and O–H groups in total. The van der Waals surface area contributed by atoms with Crippen LogP contribution in [-0.4, -0.2) is 28.4 Å². The number of benzene rings is 2. The Hall–Kier alpha value is -0.670. The van der Waals surface area contributed by atoms with Crippen molar-refractivity contribution in [1.82, 2.24) is 0 Å². The minimum absolute atomic E-state index is 0. The van der Waals surface area contributed by atoms with E-state index in [0.717, 1.165) is 0 Å². The number of hydrogen-bond donors (Lipinski definition) is 0. The average Bonchev–Trinajstić information content (AvgIpc) is 2.64. The zero-order valence-corrected chi connectivity index (χ0v) is 22.1. The number of phosphoric acid groups is 1. The fourth-order valence-electron chi connectivity index (χ4n) is 2.42. The van der Waals surface area contributed by atoms with Crippen molar-refractivity contribution >= 4 is 20.0 Å². The summed E-state index contributed by atoms with van der Waals surface area (Å²) in [5, 5.41) is 0. The molecule has 2 aromatic rings. The molecule has 0 spiro atoms. The topological polar surface area (TPSA) is 109 Å². The molecule has 0 aromatic heterocycles. The Morgan fingerprint density at radius 3 is 1.79 bits per heavy atom. The van der Waals surface area contributed by atoms with Gasteiger partial charge in [0.2, 0.25) is 5.75 Å². The third kappa shape index (κ3) is 7.83. The van der Waals surface area contributed by atoms with Crippen molar-refractivity contribution in [2.75, 3.05) is 28.4 Å². The Balaban J connectivity index is 0.00000392. The largest absolute Gasteiger partial charge is 1.00 e. The minimum Gasteiger partial charge on any atom is -0.780 e. The van der Waals surface area contributed by atoms with E-state index in [0.29, 0.717) is 28.4 Å². The number of rotatable bonds is 8. The van der Waals surface area contributed by atoms with Crippen LogP contribution in [0.1, 0.15) is 11.1 Å². The first-order chi connectivity index (χ1) is 12.8. The third-order valence-electron chi connectivity index (χ3n) is 3.57. The summed E-state index contributed by atoms with van der Waals surface area (Å²) in [5.41, 5.74) is 1.03. The third-order valence-corrected chi connectivity index (χ3v) is 3.98. The normalized spacial score (nSPS) is 10.6. The molecule has 0 radical (unpaired) electrons. The number of phosphoric ester groups is 1. The van der Waals surface area contributed by atoms with Crippen LogP contribution in [0.25, 0.3) is 12.2 Å². The summed E-state index contributed by atoms with van der Waals surface area (Å²) >= 11 is 0. The number of methoxy groups -OCH3 is 4. The Morgan fingerprint density at radius 1 is 0.793 bits per heavy atom. The summed E-state index contributed by atoms with van der Waals surface area (Å²) in [7, 11) is 0.583. The second-order valence-electron chi connectivity index (χ2n) is 5.21. The van der Waals surface area contributed by atoms with Gasteiger partial charge in [-0.25, -0.2) is 0 Å². The van der Waals surface area contributed by atoms with Gasteiger partial charge in [0.1, 0.15) is 7.82 Å². The average molecular weight is 440 g/mol. The molecular weight excluding hydrogens is 421 g/mol. The fraction of sp³-hybridized carbons (Fsp3) is 0.222. The Bertz CT molecular complexity index is 857. The molecule has 2 aromatic carbocycles. The predicted octanol–water partition coefficient (Wildman–Crippen LogP) is -3.89. The van der Waals surface area contributed by atoms with Crippen LogP contribution in [0.2, 0.25) is 0 Å². The molecule has 11 heteroatoms. The van der Waals surface area contributed by atoms with E-state index in [1.807, 2.05) is 0 Å². The molecule has 0 aliphatic carbocycles. The summed E-state index contributed by atoms with van der Waals surface area (Å²) in [6.07, 6.45) is 3.25. The molecule has 29 heavy (non-hydrogen) atoms. The maximum atomic E-state index is 11.1. The van der Waals surface area contributed by atoms with Crippen LogP contribution in [-0.2, 0) is 4.57 Å². The molecule has 0 fully saturated rings. The van der Waals surface area contributed by atoms with Gasteiger partial charge in [-0.3, -0.25) is 0 Å². The molecule has 0 bridgehead atoms. The van der Waals surface area contributed by atoms with Gasteiger partial charge in [-0.1, -0.05) is 24.3 Å². The standard InChI is InChI=1S/C18H21O8P.2Na/c1-22-14-7-5-6-13(17(14)26-27(19,20)21)9-8-12-10-15(23-2)18(25-4)16(11-12)24-3;;/h5-11H,1-4H3,(H2,19,20,21);;/q;2*+1/p-2/b9-8-;;. The van der Waals surface area contributed by atoms with E-state index < -0.39 is 7.82 Å². The van der Waals surface area contributed by atoms with Crippen molar-refractivity contribution in [2.45, 2.75) is 0 Å². The van der Waals surface area contributed by atoms with Crippen molar-refractivity contribution in [3.8, 4) is 28.7 Å². The van der Waals surface area contributed by atoms with Gasteiger partial charge in [0.05, 0.1) is 28.4 Å². The van der Waals surface area contributed by atoms with Crippen molar-refractivity contribution in [1.29, 1.82) is 0 Å². The molecule has 0 aliphatic rings. The predicted molar refractivity (Wildman–Crippen MR) is 96.3 cm³/mol. The minimum atomic E-state index is -5.26. The van der Waals surface area contributed by atoms with Crippen molar-refractivity contribution in [2.24, 2.45) is 0 Å². The number of ether oxygens (including phenoxy) is 4. The SMILES string of the molecule is COc1cccc(/C=C\c2cc(OC)c(OC)c(OC)c2)c1OP(=O)([O-])[O-].[Na+].[Na+]. The van der Waals surface area contributed by atoms with Gasteiger partial charge in [0.15, 0.2) is 23.0 Å². The molecule has 0 saturated carbocycles. The second kappa shape index (κ2) is 12.9. The first-order valence-corrected chi connectivity index (χ1v) is 9.15. The van der Waals surface area contributed by atoms with E-state index in [4.69, 9.17) is 18.9 Å². The smallest absolute Gasteiger partial charge is 0.780 e. The van der Waals surface area contributed by atoms with Gasteiger partial charge >= 0.3 is 59.1 Å². The van der Waals surface area contributed by atoms with Gasteiger partial charge in [0, 0.05) is 5.56 Å². The van der Waals surface area contributed by atoms with Crippen LogP contribution < -0.4 is 92.4 Å². The van der Waals surface area contributed by atoms with Gasteiger partial charge in [-0.05, 0) is 23.8 Å². The van der Waals surface area contributed by atoms with Crippen LogP contribution >= 0.6 is 7.82 Å². The first kappa shape index (κ1) is 28.3. The maximum absolute atomic E-state index is 11.1. The second-order valence-corrected chi connectivity index (χ2v) is 6.29. The molecule has 8 nitrogen and oxygen atoms in total. The Kier molecular flexibility index (Phi) is 12.6. The summed E-state index contributed by atoms with van der Waals surface area (Å²) in [5.74, 6) is 1.30. The van der Waals surface area contributed by atoms with Crippen LogP contribution in [0.4, 0.5) is 0 Å². The van der Waals surface area contributed by atoms with E-state index in [9.17, 15) is 14.4 Å². The monoisotopic (exact) mass is 440 g/mol. The molecule has 0 amide bonds. The molecular formula is C18H19Na2O8P. The van der Waals surface area contributed by atoms with Crippen LogP contribution in [0.15, 0.2) is 30.3 Å². The number of hydrogen-bond acceptors (Lipinski definition) is 8. The van der Waals surface area contributed by atoms with Gasteiger partial charge in [-0.15, -0.1) is 0 Å². The van der Waals surface area contributed by atoms with Crippen LogP contribution in [0.5, 0.6) is 28.7 Å². The summed E-state index contributed by atoms with van der Waals surface area (Å²) in [6, 6.07) is 8.14. The van der Waals surface area contributed by atoms with Crippen LogP contribution in [0, 0.1) is 0 Å². The van der Waals surface area contributed by atoms with E-state index in [-0.39, 0.29) is 70.6 Å². The van der Waals surface area contributed by atoms with Crippen molar-refractivity contribution in [3.05, 3.63) is 41.5 Å². The molecule has 0 unspecified atom stereocenters. The summed E-state index contributed by atoms with van der Waals surface area (Å²) in [4.78, 5) is 22.1. The first-order valence-electron chi connectivity index (χ1n) is 7.69. The van der Waals surface area contributed by atoms with Gasteiger partial charge < -0.3 is 37.8 Å². The van der Waals surface area contributed by atoms with E-state index in [1.54, 1.807) is 36.4 Å². The van der Waals surface area contributed by atoms with E-state index in [1.165, 1.54) is 34.5 Å². The number of para-hydroxylation sites is 1. The Labute approximate surface area is 214 Å². The van der Waals surface area contributed by atoms with Gasteiger partial charge in [-0.2, -0.15) is 0 Å². The van der Waals surface area contributed by atoms with E-state index >= 15 is 0 Å². The molecule has 0 atom stereocenters. The molecule has 0 heterocycles. The molecule has 2 rings (SSSR count). The Morgan fingerprint density at radius 2 is 1.34 bits per heavy atom. The molecule has 0 saturated heterocycles. The fourth-order valence-corrected chi connectivity index (χ4v) is 2.84. The molecule has 0 aliphatic heterocycles. The zero-order chi connectivity index (χ0) is 20.0. The summed E-state index contributed by atoms with van der Waals surface area (Å²) in [6.45, 7) is 0. The quantitative estimate of drug-likeness (QED) is 0.233. The zero-order valence-electron chi connectivity index (χ0n) is 17.3. The van der Waals surface area contributed by atoms with E-state index in [2.05, 4.69) is 4.52 Å². The van der Waals surface area contributed by atoms with Crippen molar-refractivity contribution in [3.63, 3.8) is 0 Å². The van der Waals surface area contributed by atoms with Gasteiger partial charge in [0.25, 0.3) is 0 Å². The van der Waals surface area contributed by atoms with Crippen molar-refractivity contribution < 1.29 is 96.9 Å². The summed E-state index contributed by atoms with van der Waals surface area (Å²) < 4.78 is 36.6. The molecule has 146 valence electrons.